The summed E-state index contributed by atoms with van der Waals surface area (Å²) in [7, 11) is 3.35. The van der Waals surface area contributed by atoms with E-state index in [1.807, 2.05) is 36.4 Å². The molecule has 22 heavy (non-hydrogen) atoms. The Morgan fingerprint density at radius 3 is 2.64 bits per heavy atom. The minimum atomic E-state index is -0.138. The third kappa shape index (κ3) is 4.40. The van der Waals surface area contributed by atoms with Crippen molar-refractivity contribution in [1.82, 2.24) is 10.2 Å². The minimum absolute atomic E-state index is 0.138. The average molecular weight is 319 g/mol. The Labute approximate surface area is 135 Å². The number of methoxy groups -OCH3 is 1. The molecule has 0 radical (unpaired) electrons. The topological polar surface area (TPSA) is 41.6 Å². The number of benzene rings is 2. The number of carbonyl (C=O) groups is 1. The van der Waals surface area contributed by atoms with Gasteiger partial charge in [-0.2, -0.15) is 0 Å². The number of halogens is 1. The maximum absolute atomic E-state index is 12.1. The predicted octanol–water partition coefficient (Wildman–Crippen LogP) is 3.69. The highest BCUT2D eigenvalue weighted by atomic mass is 35.5. The molecule has 0 spiro atoms. The number of rotatable bonds is 5. The fourth-order valence-corrected chi connectivity index (χ4v) is 2.26. The van der Waals surface area contributed by atoms with Gasteiger partial charge in [-0.15, -0.1) is 0 Å². The average Bonchev–Trinajstić information content (AvgIpc) is 2.54. The molecule has 5 heteroatoms. The number of nitrogens with zero attached hydrogens (tertiary/aromatic N) is 1. The van der Waals surface area contributed by atoms with Gasteiger partial charge in [0.15, 0.2) is 0 Å². The van der Waals surface area contributed by atoms with Crippen molar-refractivity contribution in [1.29, 1.82) is 0 Å². The molecule has 2 aromatic carbocycles. The second-order valence-electron chi connectivity index (χ2n) is 4.96. The summed E-state index contributed by atoms with van der Waals surface area (Å²) >= 11 is 5.92. The number of urea groups is 1. The van der Waals surface area contributed by atoms with E-state index in [2.05, 4.69) is 5.32 Å². The Morgan fingerprint density at radius 1 is 1.23 bits per heavy atom. The first-order valence-corrected chi connectivity index (χ1v) is 7.33. The van der Waals surface area contributed by atoms with Crippen LogP contribution in [-0.2, 0) is 13.1 Å². The second kappa shape index (κ2) is 7.71. The van der Waals surface area contributed by atoms with E-state index in [1.54, 1.807) is 31.2 Å². The molecule has 0 atom stereocenters. The summed E-state index contributed by atoms with van der Waals surface area (Å²) in [5, 5.41) is 3.48. The molecule has 2 rings (SSSR count). The van der Waals surface area contributed by atoms with Gasteiger partial charge in [-0.1, -0.05) is 48.0 Å². The predicted molar refractivity (Wildman–Crippen MR) is 88.1 cm³/mol. The fraction of sp³-hybridized carbons (Fsp3) is 0.235. The van der Waals surface area contributed by atoms with Crippen LogP contribution in [0.1, 0.15) is 11.1 Å². The summed E-state index contributed by atoms with van der Waals surface area (Å²) in [6.07, 6.45) is 0. The van der Waals surface area contributed by atoms with Crippen LogP contribution in [-0.4, -0.2) is 25.1 Å². The Balaban J connectivity index is 1.92. The van der Waals surface area contributed by atoms with Crippen LogP contribution in [0.15, 0.2) is 48.5 Å². The third-order valence-corrected chi connectivity index (χ3v) is 3.52. The minimum Gasteiger partial charge on any atom is -0.496 e. The van der Waals surface area contributed by atoms with Gasteiger partial charge in [-0.05, 0) is 17.7 Å². The van der Waals surface area contributed by atoms with E-state index in [1.165, 1.54) is 0 Å². The molecular formula is C17H19ClN2O2. The highest BCUT2D eigenvalue weighted by molar-refractivity contribution is 6.30. The van der Waals surface area contributed by atoms with E-state index in [-0.39, 0.29) is 6.03 Å². The van der Waals surface area contributed by atoms with E-state index < -0.39 is 0 Å². The lowest BCUT2D eigenvalue weighted by atomic mass is 10.2. The number of amides is 2. The van der Waals surface area contributed by atoms with Crippen LogP contribution < -0.4 is 10.1 Å². The van der Waals surface area contributed by atoms with Gasteiger partial charge in [0.2, 0.25) is 0 Å². The molecule has 0 aliphatic heterocycles. The van der Waals surface area contributed by atoms with Gasteiger partial charge in [-0.25, -0.2) is 4.79 Å². The van der Waals surface area contributed by atoms with Gasteiger partial charge < -0.3 is 15.0 Å². The summed E-state index contributed by atoms with van der Waals surface area (Å²) in [6, 6.07) is 15.1. The SMILES string of the molecule is COc1cc(Cl)ccc1CNC(=O)N(C)Cc1ccccc1. The van der Waals surface area contributed by atoms with Gasteiger partial charge in [0.25, 0.3) is 0 Å². The van der Waals surface area contributed by atoms with E-state index in [0.29, 0.717) is 23.9 Å². The van der Waals surface area contributed by atoms with E-state index in [9.17, 15) is 4.79 Å². The standard InChI is InChI=1S/C17H19ClN2O2/c1-20(12-13-6-4-3-5-7-13)17(21)19-11-14-8-9-15(18)10-16(14)22-2/h3-10H,11-12H2,1-2H3,(H,19,21). The summed E-state index contributed by atoms with van der Waals surface area (Å²) in [5.74, 6) is 0.665. The number of carbonyl (C=O) groups excluding carboxylic acids is 1. The van der Waals surface area contributed by atoms with Gasteiger partial charge in [0, 0.05) is 30.7 Å². The first kappa shape index (κ1) is 16.2. The van der Waals surface area contributed by atoms with Crippen LogP contribution in [0.25, 0.3) is 0 Å². The summed E-state index contributed by atoms with van der Waals surface area (Å²) < 4.78 is 5.27. The molecule has 0 fully saturated rings. The number of hydrogen-bond donors (Lipinski definition) is 1. The molecule has 0 bridgehead atoms. The van der Waals surface area contributed by atoms with Crippen LogP contribution in [0.2, 0.25) is 5.02 Å². The first-order valence-electron chi connectivity index (χ1n) is 6.95. The van der Waals surface area contributed by atoms with E-state index in [0.717, 1.165) is 11.1 Å². The van der Waals surface area contributed by atoms with Crippen molar-refractivity contribution < 1.29 is 9.53 Å². The van der Waals surface area contributed by atoms with Crippen LogP contribution in [0.5, 0.6) is 5.75 Å². The van der Waals surface area contributed by atoms with Crippen molar-refractivity contribution in [2.24, 2.45) is 0 Å². The molecule has 2 amide bonds. The van der Waals surface area contributed by atoms with Gasteiger partial charge >= 0.3 is 6.03 Å². The van der Waals surface area contributed by atoms with Gasteiger partial charge in [-0.3, -0.25) is 0 Å². The Hall–Kier alpha value is -2.20. The van der Waals surface area contributed by atoms with Crippen molar-refractivity contribution >= 4 is 17.6 Å². The molecule has 0 saturated carbocycles. The fourth-order valence-electron chi connectivity index (χ4n) is 2.10. The van der Waals surface area contributed by atoms with E-state index >= 15 is 0 Å². The molecule has 0 aliphatic carbocycles. The third-order valence-electron chi connectivity index (χ3n) is 3.29. The largest absolute Gasteiger partial charge is 0.496 e. The van der Waals surface area contributed by atoms with Crippen LogP contribution >= 0.6 is 11.6 Å². The molecule has 0 heterocycles. The lowest BCUT2D eigenvalue weighted by Crippen LogP contribution is -2.36. The van der Waals surface area contributed by atoms with Crippen molar-refractivity contribution in [3.8, 4) is 5.75 Å². The van der Waals surface area contributed by atoms with E-state index in [4.69, 9.17) is 16.3 Å². The zero-order chi connectivity index (χ0) is 15.9. The Kier molecular flexibility index (Phi) is 5.67. The second-order valence-corrected chi connectivity index (χ2v) is 5.39. The summed E-state index contributed by atoms with van der Waals surface area (Å²) in [4.78, 5) is 13.8. The molecule has 0 saturated heterocycles. The lowest BCUT2D eigenvalue weighted by Gasteiger charge is -2.18. The summed E-state index contributed by atoms with van der Waals surface area (Å²) in [5.41, 5.74) is 1.97. The van der Waals surface area contributed by atoms with Gasteiger partial charge in [0.1, 0.15) is 5.75 Å². The number of hydrogen-bond acceptors (Lipinski definition) is 2. The molecule has 4 nitrogen and oxygen atoms in total. The summed E-state index contributed by atoms with van der Waals surface area (Å²) in [6.45, 7) is 0.947. The van der Waals surface area contributed by atoms with Gasteiger partial charge in [0.05, 0.1) is 7.11 Å². The highest BCUT2D eigenvalue weighted by Gasteiger charge is 2.10. The molecule has 0 aliphatic rings. The van der Waals surface area contributed by atoms with Crippen molar-refractivity contribution in [2.75, 3.05) is 14.2 Å². The quantitative estimate of drug-likeness (QED) is 0.913. The zero-order valence-corrected chi connectivity index (χ0v) is 13.4. The molecule has 116 valence electrons. The first-order chi connectivity index (χ1) is 10.6. The maximum Gasteiger partial charge on any atom is 0.317 e. The molecule has 0 unspecified atom stereocenters. The normalized spacial score (nSPS) is 10.1. The smallest absolute Gasteiger partial charge is 0.317 e. The molecule has 2 aromatic rings. The molecule has 0 aromatic heterocycles. The van der Waals surface area contributed by atoms with Crippen molar-refractivity contribution in [3.63, 3.8) is 0 Å². The number of nitrogens with one attached hydrogen (secondary N) is 1. The Bertz CT molecular complexity index is 632. The van der Waals surface area contributed by atoms with Crippen LogP contribution in [0.4, 0.5) is 4.79 Å². The highest BCUT2D eigenvalue weighted by Crippen LogP contribution is 2.22. The monoisotopic (exact) mass is 318 g/mol. The molecule has 1 N–H and O–H groups in total. The molecular weight excluding hydrogens is 300 g/mol. The van der Waals surface area contributed by atoms with Crippen LogP contribution in [0.3, 0.4) is 0 Å². The Morgan fingerprint density at radius 2 is 1.95 bits per heavy atom. The van der Waals surface area contributed by atoms with Crippen molar-refractivity contribution in [2.45, 2.75) is 13.1 Å². The maximum atomic E-state index is 12.1. The lowest BCUT2D eigenvalue weighted by molar-refractivity contribution is 0.206. The number of ether oxygens (including phenoxy) is 1. The zero-order valence-electron chi connectivity index (χ0n) is 12.7. The van der Waals surface area contributed by atoms with Crippen molar-refractivity contribution in [3.05, 3.63) is 64.7 Å². The van der Waals surface area contributed by atoms with Crippen LogP contribution in [0, 0.1) is 0 Å².